The minimum atomic E-state index is -0.663. The molecule has 0 aliphatic carbocycles. The van der Waals surface area contributed by atoms with Crippen molar-refractivity contribution in [2.24, 2.45) is 0 Å². The molecule has 1 atom stereocenters. The van der Waals surface area contributed by atoms with E-state index < -0.39 is 5.60 Å². The Morgan fingerprint density at radius 1 is 1.50 bits per heavy atom. The van der Waals surface area contributed by atoms with Gasteiger partial charge >= 0.3 is 0 Å². The van der Waals surface area contributed by atoms with Gasteiger partial charge in [0.2, 0.25) is 0 Å². The monoisotopic (exact) mass is 222 g/mol. The second kappa shape index (κ2) is 5.39. The summed E-state index contributed by atoms with van der Waals surface area (Å²) in [4.78, 5) is 4.24. The molecule has 1 aromatic heterocycles. The van der Waals surface area contributed by atoms with E-state index in [2.05, 4.69) is 10.3 Å². The van der Waals surface area contributed by atoms with Crippen LogP contribution < -0.4 is 5.32 Å². The standard InChI is InChI=1S/C12H18N2O2/c15-12(5-8-16-10-12)9-13-7-4-11-3-1-2-6-14-11/h1-3,6,13,15H,4-5,7-10H2. The van der Waals surface area contributed by atoms with Gasteiger partial charge in [-0.05, 0) is 12.1 Å². The Bertz CT molecular complexity index is 310. The van der Waals surface area contributed by atoms with Gasteiger partial charge in [-0.1, -0.05) is 6.07 Å². The smallest absolute Gasteiger partial charge is 0.102 e. The van der Waals surface area contributed by atoms with Crippen LogP contribution in [0.15, 0.2) is 24.4 Å². The Morgan fingerprint density at radius 2 is 2.44 bits per heavy atom. The van der Waals surface area contributed by atoms with Crippen LogP contribution in [0.1, 0.15) is 12.1 Å². The predicted octanol–water partition coefficient (Wildman–Crippen LogP) is 0.365. The molecule has 0 spiro atoms. The molecule has 1 aliphatic heterocycles. The lowest BCUT2D eigenvalue weighted by atomic mass is 10.0. The Balaban J connectivity index is 1.65. The maximum absolute atomic E-state index is 9.99. The van der Waals surface area contributed by atoms with Gasteiger partial charge in [-0.3, -0.25) is 4.98 Å². The van der Waals surface area contributed by atoms with E-state index in [1.54, 1.807) is 6.20 Å². The lowest BCUT2D eigenvalue weighted by Gasteiger charge is -2.20. The Kier molecular flexibility index (Phi) is 3.88. The van der Waals surface area contributed by atoms with Crippen LogP contribution in [0.2, 0.25) is 0 Å². The number of nitrogens with one attached hydrogen (secondary N) is 1. The van der Waals surface area contributed by atoms with Gasteiger partial charge in [0, 0.05) is 44.4 Å². The van der Waals surface area contributed by atoms with Crippen LogP contribution in [0.4, 0.5) is 0 Å². The maximum Gasteiger partial charge on any atom is 0.102 e. The minimum Gasteiger partial charge on any atom is -0.386 e. The molecule has 0 bridgehead atoms. The molecule has 2 N–H and O–H groups in total. The fraction of sp³-hybridized carbons (Fsp3) is 0.583. The number of aliphatic hydroxyl groups is 1. The number of hydrogen-bond acceptors (Lipinski definition) is 4. The molecule has 0 saturated carbocycles. The van der Waals surface area contributed by atoms with Crippen molar-refractivity contribution in [3.8, 4) is 0 Å². The summed E-state index contributed by atoms with van der Waals surface area (Å²) in [5.74, 6) is 0. The Hall–Kier alpha value is -0.970. The highest BCUT2D eigenvalue weighted by Gasteiger charge is 2.31. The summed E-state index contributed by atoms with van der Waals surface area (Å²) in [5.41, 5.74) is 0.411. The topological polar surface area (TPSA) is 54.4 Å². The molecule has 0 amide bonds. The van der Waals surface area contributed by atoms with Gasteiger partial charge in [0.1, 0.15) is 5.60 Å². The van der Waals surface area contributed by atoms with E-state index in [0.717, 1.165) is 25.1 Å². The van der Waals surface area contributed by atoms with Crippen LogP contribution in [0.3, 0.4) is 0 Å². The Labute approximate surface area is 95.7 Å². The molecule has 4 nitrogen and oxygen atoms in total. The van der Waals surface area contributed by atoms with Crippen molar-refractivity contribution in [2.45, 2.75) is 18.4 Å². The molecule has 0 aromatic carbocycles. The van der Waals surface area contributed by atoms with E-state index in [-0.39, 0.29) is 0 Å². The largest absolute Gasteiger partial charge is 0.386 e. The predicted molar refractivity (Wildman–Crippen MR) is 61.2 cm³/mol. The van der Waals surface area contributed by atoms with Crippen molar-refractivity contribution >= 4 is 0 Å². The maximum atomic E-state index is 9.99. The van der Waals surface area contributed by atoms with Gasteiger partial charge in [0.15, 0.2) is 0 Å². The van der Waals surface area contributed by atoms with Gasteiger partial charge in [-0.15, -0.1) is 0 Å². The lowest BCUT2D eigenvalue weighted by Crippen LogP contribution is -2.41. The minimum absolute atomic E-state index is 0.448. The summed E-state index contributed by atoms with van der Waals surface area (Å²) in [6, 6.07) is 5.91. The number of hydrogen-bond donors (Lipinski definition) is 2. The van der Waals surface area contributed by atoms with E-state index in [1.165, 1.54) is 0 Å². The van der Waals surface area contributed by atoms with Gasteiger partial charge in [-0.2, -0.15) is 0 Å². The van der Waals surface area contributed by atoms with Crippen molar-refractivity contribution < 1.29 is 9.84 Å². The van der Waals surface area contributed by atoms with E-state index >= 15 is 0 Å². The summed E-state index contributed by atoms with van der Waals surface area (Å²) < 4.78 is 5.17. The number of nitrogens with zero attached hydrogens (tertiary/aromatic N) is 1. The van der Waals surface area contributed by atoms with Gasteiger partial charge in [-0.25, -0.2) is 0 Å². The summed E-state index contributed by atoms with van der Waals surface area (Å²) in [6.45, 7) is 2.54. The zero-order valence-electron chi connectivity index (χ0n) is 9.35. The molecule has 1 saturated heterocycles. The molecule has 88 valence electrons. The van der Waals surface area contributed by atoms with Crippen molar-refractivity contribution in [3.05, 3.63) is 30.1 Å². The van der Waals surface area contributed by atoms with Crippen LogP contribution in [0, 0.1) is 0 Å². The van der Waals surface area contributed by atoms with Gasteiger partial charge in [0.25, 0.3) is 0 Å². The van der Waals surface area contributed by atoms with Crippen LogP contribution in [-0.2, 0) is 11.2 Å². The van der Waals surface area contributed by atoms with Crippen LogP contribution in [0.5, 0.6) is 0 Å². The van der Waals surface area contributed by atoms with Crippen LogP contribution in [-0.4, -0.2) is 42.0 Å². The SMILES string of the molecule is OC1(CNCCc2ccccn2)CCOC1. The molecule has 2 rings (SSSR count). The normalized spacial score (nSPS) is 24.8. The lowest BCUT2D eigenvalue weighted by molar-refractivity contribution is 0.0273. The van der Waals surface area contributed by atoms with E-state index in [1.807, 2.05) is 18.2 Å². The van der Waals surface area contributed by atoms with Gasteiger partial charge in [0.05, 0.1) is 6.61 Å². The highest BCUT2D eigenvalue weighted by atomic mass is 16.5. The molecule has 1 aliphatic rings. The molecule has 16 heavy (non-hydrogen) atoms. The number of rotatable bonds is 5. The fourth-order valence-corrected chi connectivity index (χ4v) is 1.82. The molecule has 1 fully saturated rings. The fourth-order valence-electron chi connectivity index (χ4n) is 1.82. The molecule has 4 heteroatoms. The zero-order chi connectivity index (χ0) is 11.3. The van der Waals surface area contributed by atoms with E-state index in [9.17, 15) is 5.11 Å². The van der Waals surface area contributed by atoms with Crippen molar-refractivity contribution in [1.82, 2.24) is 10.3 Å². The number of ether oxygens (including phenoxy) is 1. The molecule has 1 aromatic rings. The average molecular weight is 222 g/mol. The van der Waals surface area contributed by atoms with Crippen molar-refractivity contribution in [3.63, 3.8) is 0 Å². The average Bonchev–Trinajstić information content (AvgIpc) is 2.74. The van der Waals surface area contributed by atoms with Crippen LogP contribution >= 0.6 is 0 Å². The Morgan fingerprint density at radius 3 is 3.12 bits per heavy atom. The summed E-state index contributed by atoms with van der Waals surface area (Å²) in [5, 5.41) is 13.2. The number of pyridine rings is 1. The highest BCUT2D eigenvalue weighted by Crippen LogP contribution is 2.16. The first-order chi connectivity index (χ1) is 7.79. The molecule has 0 radical (unpaired) electrons. The first-order valence-corrected chi connectivity index (χ1v) is 5.69. The van der Waals surface area contributed by atoms with Crippen molar-refractivity contribution in [2.75, 3.05) is 26.3 Å². The third kappa shape index (κ3) is 3.27. The molecule has 2 heterocycles. The number of aromatic nitrogens is 1. The first-order valence-electron chi connectivity index (χ1n) is 5.69. The second-order valence-electron chi connectivity index (χ2n) is 4.27. The third-order valence-corrected chi connectivity index (χ3v) is 2.82. The molecular weight excluding hydrogens is 204 g/mol. The van der Waals surface area contributed by atoms with E-state index in [0.29, 0.717) is 19.8 Å². The van der Waals surface area contributed by atoms with Crippen molar-refractivity contribution in [1.29, 1.82) is 0 Å². The summed E-state index contributed by atoms with van der Waals surface area (Å²) >= 11 is 0. The zero-order valence-corrected chi connectivity index (χ0v) is 9.35. The summed E-state index contributed by atoms with van der Waals surface area (Å²) in [7, 11) is 0. The van der Waals surface area contributed by atoms with Crippen LogP contribution in [0.25, 0.3) is 0 Å². The van der Waals surface area contributed by atoms with Gasteiger partial charge < -0.3 is 15.2 Å². The molecular formula is C12H18N2O2. The first kappa shape index (κ1) is 11.5. The highest BCUT2D eigenvalue weighted by molar-refractivity contribution is 5.03. The third-order valence-electron chi connectivity index (χ3n) is 2.82. The summed E-state index contributed by atoms with van der Waals surface area (Å²) in [6.07, 6.45) is 3.41. The van der Waals surface area contributed by atoms with E-state index in [4.69, 9.17) is 4.74 Å². The molecule has 1 unspecified atom stereocenters. The quantitative estimate of drug-likeness (QED) is 0.707. The second-order valence-corrected chi connectivity index (χ2v) is 4.27.